The van der Waals surface area contributed by atoms with Crippen molar-refractivity contribution in [1.29, 1.82) is 0 Å². The van der Waals surface area contributed by atoms with E-state index in [9.17, 15) is 18.0 Å². The van der Waals surface area contributed by atoms with Crippen LogP contribution in [-0.2, 0) is 11.2 Å². The Balaban J connectivity index is 2.47. The number of unbranched alkanes of at least 4 members (excludes halogenated alkanes) is 4. The first-order valence-electron chi connectivity index (χ1n) is 6.81. The first kappa shape index (κ1) is 16.5. The third-order valence-electron chi connectivity index (χ3n) is 2.91. The molecule has 0 amide bonds. The highest BCUT2D eigenvalue weighted by atomic mass is 19.4. The minimum absolute atomic E-state index is 0.0571. The Morgan fingerprint density at radius 1 is 1.15 bits per heavy atom. The molecule has 0 saturated carbocycles. The number of halogens is 3. The van der Waals surface area contributed by atoms with E-state index in [-0.39, 0.29) is 5.75 Å². The SMILES string of the molecule is CCCCCCCc1cccc(OC(=O)C(F)(F)F)c1. The summed E-state index contributed by atoms with van der Waals surface area (Å²) in [5, 5.41) is 0. The molecule has 0 bridgehead atoms. The number of hydrogen-bond donors (Lipinski definition) is 0. The lowest BCUT2D eigenvalue weighted by atomic mass is 10.1. The third kappa shape index (κ3) is 6.08. The number of aryl methyl sites for hydroxylation is 1. The van der Waals surface area contributed by atoms with Crippen molar-refractivity contribution < 1.29 is 22.7 Å². The standard InChI is InChI=1S/C15H19F3O2/c1-2-3-4-5-6-8-12-9-7-10-13(11-12)20-14(19)15(16,17)18/h7,9-11H,2-6,8H2,1H3. The first-order valence-corrected chi connectivity index (χ1v) is 6.81. The van der Waals surface area contributed by atoms with Crippen LogP contribution in [0.2, 0.25) is 0 Å². The van der Waals surface area contributed by atoms with Gasteiger partial charge in [-0.3, -0.25) is 0 Å². The summed E-state index contributed by atoms with van der Waals surface area (Å²) in [6, 6.07) is 6.26. The second kappa shape index (κ2) is 7.92. The predicted octanol–water partition coefficient (Wildman–Crippen LogP) is 4.67. The average molecular weight is 288 g/mol. The van der Waals surface area contributed by atoms with E-state index in [0.29, 0.717) is 0 Å². The monoisotopic (exact) mass is 288 g/mol. The van der Waals surface area contributed by atoms with E-state index in [1.807, 2.05) is 6.07 Å². The fraction of sp³-hybridized carbons (Fsp3) is 0.533. The van der Waals surface area contributed by atoms with Crippen LogP contribution in [0.25, 0.3) is 0 Å². The number of alkyl halides is 3. The van der Waals surface area contributed by atoms with Gasteiger partial charge in [0.1, 0.15) is 5.75 Å². The second-order valence-electron chi connectivity index (χ2n) is 4.70. The van der Waals surface area contributed by atoms with Gasteiger partial charge in [-0.15, -0.1) is 0 Å². The molecule has 0 atom stereocenters. The van der Waals surface area contributed by atoms with Crippen LogP contribution in [0.5, 0.6) is 5.75 Å². The van der Waals surface area contributed by atoms with Crippen molar-refractivity contribution in [3.8, 4) is 5.75 Å². The molecule has 1 aromatic rings. The van der Waals surface area contributed by atoms with Crippen LogP contribution in [-0.4, -0.2) is 12.1 Å². The van der Waals surface area contributed by atoms with Crippen LogP contribution in [0.4, 0.5) is 13.2 Å². The highest BCUT2D eigenvalue weighted by molar-refractivity contribution is 5.78. The number of esters is 1. The third-order valence-corrected chi connectivity index (χ3v) is 2.91. The highest BCUT2D eigenvalue weighted by Crippen LogP contribution is 2.21. The Labute approximate surface area is 116 Å². The molecule has 0 aliphatic rings. The van der Waals surface area contributed by atoms with E-state index in [2.05, 4.69) is 11.7 Å². The quantitative estimate of drug-likeness (QED) is 0.414. The van der Waals surface area contributed by atoms with Gasteiger partial charge in [0.15, 0.2) is 0 Å². The second-order valence-corrected chi connectivity index (χ2v) is 4.70. The number of carbonyl (C=O) groups excluding carboxylic acids is 1. The molecule has 0 aromatic heterocycles. The van der Waals surface area contributed by atoms with Gasteiger partial charge in [0.05, 0.1) is 0 Å². The highest BCUT2D eigenvalue weighted by Gasteiger charge is 2.41. The largest absolute Gasteiger partial charge is 0.491 e. The van der Waals surface area contributed by atoms with Crippen molar-refractivity contribution >= 4 is 5.97 Å². The minimum atomic E-state index is -4.96. The first-order chi connectivity index (χ1) is 9.43. The van der Waals surface area contributed by atoms with E-state index in [1.165, 1.54) is 31.4 Å². The van der Waals surface area contributed by atoms with Gasteiger partial charge >= 0.3 is 12.1 Å². The summed E-state index contributed by atoms with van der Waals surface area (Å²) in [6.07, 6.45) is 1.43. The summed E-state index contributed by atoms with van der Waals surface area (Å²) in [6.45, 7) is 2.14. The van der Waals surface area contributed by atoms with Gasteiger partial charge in [0, 0.05) is 0 Å². The van der Waals surface area contributed by atoms with Crippen molar-refractivity contribution in [2.75, 3.05) is 0 Å². The molecular formula is C15H19F3O2. The van der Waals surface area contributed by atoms with Crippen molar-refractivity contribution in [2.24, 2.45) is 0 Å². The zero-order chi connectivity index (χ0) is 15.0. The fourth-order valence-electron chi connectivity index (χ4n) is 1.86. The van der Waals surface area contributed by atoms with E-state index < -0.39 is 12.1 Å². The summed E-state index contributed by atoms with van der Waals surface area (Å²) in [7, 11) is 0. The van der Waals surface area contributed by atoms with E-state index in [1.54, 1.807) is 6.07 Å². The lowest BCUT2D eigenvalue weighted by molar-refractivity contribution is -0.189. The molecule has 0 unspecified atom stereocenters. The zero-order valence-electron chi connectivity index (χ0n) is 11.5. The van der Waals surface area contributed by atoms with Gasteiger partial charge in [-0.05, 0) is 30.5 Å². The lowest BCUT2D eigenvalue weighted by Gasteiger charge is -2.08. The van der Waals surface area contributed by atoms with Gasteiger partial charge in [0.2, 0.25) is 0 Å². The van der Waals surface area contributed by atoms with E-state index in [0.717, 1.165) is 24.8 Å². The van der Waals surface area contributed by atoms with Gasteiger partial charge in [-0.1, -0.05) is 44.7 Å². The maximum absolute atomic E-state index is 12.1. The maximum Gasteiger partial charge on any atom is 0.491 e. The summed E-state index contributed by atoms with van der Waals surface area (Å²) in [5.41, 5.74) is 0.883. The van der Waals surface area contributed by atoms with Gasteiger partial charge < -0.3 is 4.74 Å². The molecule has 0 aliphatic heterocycles. The van der Waals surface area contributed by atoms with E-state index in [4.69, 9.17) is 0 Å². The summed E-state index contributed by atoms with van der Waals surface area (Å²) < 4.78 is 40.5. The molecule has 20 heavy (non-hydrogen) atoms. The number of carbonyl (C=O) groups is 1. The van der Waals surface area contributed by atoms with Crippen LogP contribution in [0.3, 0.4) is 0 Å². The van der Waals surface area contributed by atoms with Gasteiger partial charge in [-0.25, -0.2) is 4.79 Å². The van der Waals surface area contributed by atoms with Crippen molar-refractivity contribution in [3.63, 3.8) is 0 Å². The van der Waals surface area contributed by atoms with Crippen LogP contribution in [0.15, 0.2) is 24.3 Å². The Kier molecular flexibility index (Phi) is 6.55. The number of ether oxygens (including phenoxy) is 1. The lowest BCUT2D eigenvalue weighted by Crippen LogP contribution is -2.27. The Hall–Kier alpha value is -1.52. The molecule has 1 aromatic carbocycles. The number of hydrogen-bond acceptors (Lipinski definition) is 2. The number of rotatable bonds is 7. The number of benzene rings is 1. The van der Waals surface area contributed by atoms with E-state index >= 15 is 0 Å². The smallest absolute Gasteiger partial charge is 0.420 e. The Bertz CT molecular complexity index is 427. The Morgan fingerprint density at radius 3 is 2.50 bits per heavy atom. The topological polar surface area (TPSA) is 26.3 Å². The summed E-state index contributed by atoms with van der Waals surface area (Å²) >= 11 is 0. The molecule has 2 nitrogen and oxygen atoms in total. The molecule has 0 radical (unpaired) electrons. The van der Waals surface area contributed by atoms with Crippen molar-refractivity contribution in [1.82, 2.24) is 0 Å². The van der Waals surface area contributed by atoms with Crippen LogP contribution < -0.4 is 4.74 Å². The van der Waals surface area contributed by atoms with Gasteiger partial charge in [0.25, 0.3) is 0 Å². The molecule has 0 N–H and O–H groups in total. The molecule has 1 rings (SSSR count). The summed E-state index contributed by atoms with van der Waals surface area (Å²) in [4.78, 5) is 10.7. The fourth-order valence-corrected chi connectivity index (χ4v) is 1.86. The maximum atomic E-state index is 12.1. The normalized spacial score (nSPS) is 11.4. The molecule has 112 valence electrons. The summed E-state index contributed by atoms with van der Waals surface area (Å²) in [5.74, 6) is -2.24. The predicted molar refractivity (Wildman–Crippen MR) is 70.6 cm³/mol. The molecule has 0 fully saturated rings. The Morgan fingerprint density at radius 2 is 1.85 bits per heavy atom. The molecular weight excluding hydrogens is 269 g/mol. The molecule has 0 saturated heterocycles. The molecule has 0 aliphatic carbocycles. The van der Waals surface area contributed by atoms with Crippen molar-refractivity contribution in [3.05, 3.63) is 29.8 Å². The average Bonchev–Trinajstić information content (AvgIpc) is 2.38. The van der Waals surface area contributed by atoms with Crippen LogP contribution in [0.1, 0.15) is 44.6 Å². The van der Waals surface area contributed by atoms with Crippen molar-refractivity contribution in [2.45, 2.75) is 51.6 Å². The van der Waals surface area contributed by atoms with Gasteiger partial charge in [-0.2, -0.15) is 13.2 Å². The zero-order valence-corrected chi connectivity index (χ0v) is 11.5. The molecule has 0 spiro atoms. The molecule has 5 heteroatoms. The van der Waals surface area contributed by atoms with Crippen LogP contribution >= 0.6 is 0 Å². The van der Waals surface area contributed by atoms with Crippen LogP contribution in [0, 0.1) is 0 Å². The molecule has 0 heterocycles. The minimum Gasteiger partial charge on any atom is -0.420 e.